The minimum Gasteiger partial charge on any atom is -0.293 e. The van der Waals surface area contributed by atoms with E-state index in [0.717, 1.165) is 0 Å². The monoisotopic (exact) mass is 252 g/mol. The van der Waals surface area contributed by atoms with Crippen molar-refractivity contribution in [1.29, 1.82) is 0 Å². The van der Waals surface area contributed by atoms with Gasteiger partial charge in [-0.25, -0.2) is 0 Å². The summed E-state index contributed by atoms with van der Waals surface area (Å²) in [5, 5.41) is -0.361. The summed E-state index contributed by atoms with van der Waals surface area (Å²) < 4.78 is 12.1. The van der Waals surface area contributed by atoms with Gasteiger partial charge in [0.1, 0.15) is 0 Å². The van der Waals surface area contributed by atoms with Crippen molar-refractivity contribution in [2.24, 2.45) is 5.92 Å². The maximum Gasteiger partial charge on any atom is 0.178 e. The molecule has 0 aliphatic rings. The molecule has 1 aromatic rings. The summed E-state index contributed by atoms with van der Waals surface area (Å²) in [6, 6.07) is 9.13. The zero-order valence-corrected chi connectivity index (χ0v) is 11.5. The van der Waals surface area contributed by atoms with Crippen LogP contribution in [0.25, 0.3) is 0 Å². The normalized spacial score (nSPS) is 14.6. The zero-order valence-electron chi connectivity index (χ0n) is 10.7. The van der Waals surface area contributed by atoms with Crippen molar-refractivity contribution in [2.45, 2.75) is 32.4 Å². The molecule has 0 spiro atoms. The Bertz CT molecular complexity index is 384. The van der Waals surface area contributed by atoms with Crippen LogP contribution < -0.4 is 0 Å². The number of hydrogen-bond donors (Lipinski definition) is 0. The molecule has 3 heteroatoms. The van der Waals surface area contributed by atoms with Crippen LogP contribution in [0.3, 0.4) is 0 Å². The first kappa shape index (κ1) is 14.1. The lowest BCUT2D eigenvalue weighted by Crippen LogP contribution is -2.28. The second-order valence-electron chi connectivity index (χ2n) is 4.57. The summed E-state index contributed by atoms with van der Waals surface area (Å²) in [5.74, 6) is 0.956. The standard InChI is InChI=1S/C14H20O2S/c1-4-13(17(16)10-11(2)3)14(15)12-8-6-5-7-9-12/h5-9,11,13H,4,10H2,1-3H3. The molecular formula is C14H20O2S. The maximum absolute atomic E-state index is 12.2. The molecule has 1 rings (SSSR count). The number of Topliss-reactive ketones (excluding diaryl/α,β-unsaturated/α-hetero) is 1. The van der Waals surface area contributed by atoms with Gasteiger partial charge in [-0.2, -0.15) is 0 Å². The van der Waals surface area contributed by atoms with Crippen LogP contribution >= 0.6 is 0 Å². The second-order valence-corrected chi connectivity index (χ2v) is 6.23. The van der Waals surface area contributed by atoms with E-state index in [2.05, 4.69) is 0 Å². The maximum atomic E-state index is 12.2. The zero-order chi connectivity index (χ0) is 12.8. The van der Waals surface area contributed by atoms with Gasteiger partial charge in [0.2, 0.25) is 0 Å². The van der Waals surface area contributed by atoms with Crippen molar-refractivity contribution in [1.82, 2.24) is 0 Å². The van der Waals surface area contributed by atoms with Gasteiger partial charge in [-0.05, 0) is 12.3 Å². The minimum atomic E-state index is -1.07. The average molecular weight is 252 g/mol. The van der Waals surface area contributed by atoms with Gasteiger partial charge < -0.3 is 0 Å². The van der Waals surface area contributed by atoms with Gasteiger partial charge in [-0.15, -0.1) is 0 Å². The fraction of sp³-hybridized carbons (Fsp3) is 0.500. The molecule has 0 saturated carbocycles. The Morgan fingerprint density at radius 2 is 1.82 bits per heavy atom. The van der Waals surface area contributed by atoms with Crippen LogP contribution in [0, 0.1) is 5.92 Å². The van der Waals surface area contributed by atoms with Crippen molar-refractivity contribution in [3.8, 4) is 0 Å². The number of hydrogen-bond acceptors (Lipinski definition) is 2. The Balaban J connectivity index is 2.81. The molecule has 0 N–H and O–H groups in total. The molecule has 0 aliphatic carbocycles. The molecule has 0 amide bonds. The number of carbonyl (C=O) groups is 1. The average Bonchev–Trinajstić information content (AvgIpc) is 2.30. The Kier molecular flexibility index (Phi) is 5.56. The number of ketones is 1. The van der Waals surface area contributed by atoms with Gasteiger partial charge in [0, 0.05) is 22.1 Å². The Hall–Kier alpha value is -0.960. The summed E-state index contributed by atoms with van der Waals surface area (Å²) in [6.45, 7) is 5.97. The largest absolute Gasteiger partial charge is 0.293 e. The summed E-state index contributed by atoms with van der Waals surface area (Å²) in [6.07, 6.45) is 0.632. The Morgan fingerprint density at radius 1 is 1.24 bits per heavy atom. The predicted molar refractivity (Wildman–Crippen MR) is 72.7 cm³/mol. The highest BCUT2D eigenvalue weighted by molar-refractivity contribution is 7.86. The van der Waals surface area contributed by atoms with Gasteiger partial charge in [-0.1, -0.05) is 51.1 Å². The number of rotatable bonds is 6. The third kappa shape index (κ3) is 4.08. The van der Waals surface area contributed by atoms with E-state index in [-0.39, 0.29) is 11.0 Å². The molecule has 0 aliphatic heterocycles. The van der Waals surface area contributed by atoms with E-state index >= 15 is 0 Å². The van der Waals surface area contributed by atoms with E-state index in [9.17, 15) is 9.00 Å². The van der Waals surface area contributed by atoms with Crippen molar-refractivity contribution in [3.63, 3.8) is 0 Å². The molecule has 1 aromatic carbocycles. The molecule has 0 radical (unpaired) electrons. The molecule has 17 heavy (non-hydrogen) atoms. The molecule has 0 fully saturated rings. The van der Waals surface area contributed by atoms with Crippen LogP contribution in [0.4, 0.5) is 0 Å². The van der Waals surface area contributed by atoms with Gasteiger partial charge in [0.05, 0.1) is 5.25 Å². The molecule has 2 unspecified atom stereocenters. The van der Waals surface area contributed by atoms with Crippen LogP contribution in [-0.4, -0.2) is 21.0 Å². The SMILES string of the molecule is CCC(C(=O)c1ccccc1)S(=O)CC(C)C. The predicted octanol–water partition coefficient (Wildman–Crippen LogP) is 3.05. The highest BCUT2D eigenvalue weighted by Gasteiger charge is 2.24. The molecule has 0 saturated heterocycles. The van der Waals surface area contributed by atoms with Crippen molar-refractivity contribution >= 4 is 16.6 Å². The van der Waals surface area contributed by atoms with E-state index in [1.54, 1.807) is 12.1 Å². The van der Waals surface area contributed by atoms with E-state index in [0.29, 0.717) is 23.7 Å². The summed E-state index contributed by atoms with van der Waals surface area (Å²) in [5.41, 5.74) is 0.663. The van der Waals surface area contributed by atoms with Crippen LogP contribution in [-0.2, 0) is 10.8 Å². The van der Waals surface area contributed by atoms with Gasteiger partial charge in [0.15, 0.2) is 5.78 Å². The van der Waals surface area contributed by atoms with Crippen molar-refractivity contribution in [2.75, 3.05) is 5.75 Å². The molecule has 0 heterocycles. The van der Waals surface area contributed by atoms with Crippen molar-refractivity contribution < 1.29 is 9.00 Å². The first-order chi connectivity index (χ1) is 8.06. The first-order valence-corrected chi connectivity index (χ1v) is 7.40. The lowest BCUT2D eigenvalue weighted by atomic mass is 10.1. The Morgan fingerprint density at radius 3 is 2.29 bits per heavy atom. The first-order valence-electron chi connectivity index (χ1n) is 6.02. The lowest BCUT2D eigenvalue weighted by molar-refractivity contribution is 0.0986. The quantitative estimate of drug-likeness (QED) is 0.729. The van der Waals surface area contributed by atoms with E-state index in [1.165, 1.54) is 0 Å². The number of carbonyl (C=O) groups excluding carboxylic acids is 1. The molecular weight excluding hydrogens is 232 g/mol. The van der Waals surface area contributed by atoms with Crippen LogP contribution in [0.15, 0.2) is 30.3 Å². The summed E-state index contributed by atoms with van der Waals surface area (Å²) in [4.78, 5) is 12.2. The molecule has 0 bridgehead atoms. The second kappa shape index (κ2) is 6.70. The minimum absolute atomic E-state index is 0.00656. The van der Waals surface area contributed by atoms with Crippen molar-refractivity contribution in [3.05, 3.63) is 35.9 Å². The van der Waals surface area contributed by atoms with E-state index in [4.69, 9.17) is 0 Å². The highest BCUT2D eigenvalue weighted by Crippen LogP contribution is 2.13. The fourth-order valence-electron chi connectivity index (χ4n) is 1.72. The molecule has 2 atom stereocenters. The molecule has 94 valence electrons. The summed E-state index contributed by atoms with van der Waals surface area (Å²) >= 11 is 0. The van der Waals surface area contributed by atoms with E-state index < -0.39 is 10.8 Å². The van der Waals surface area contributed by atoms with Crippen LogP contribution in [0.5, 0.6) is 0 Å². The third-order valence-electron chi connectivity index (χ3n) is 2.54. The fourth-order valence-corrected chi connectivity index (χ4v) is 3.36. The number of benzene rings is 1. The van der Waals surface area contributed by atoms with Gasteiger partial charge in [0.25, 0.3) is 0 Å². The van der Waals surface area contributed by atoms with E-state index in [1.807, 2.05) is 39.0 Å². The van der Waals surface area contributed by atoms with Gasteiger partial charge >= 0.3 is 0 Å². The highest BCUT2D eigenvalue weighted by atomic mass is 32.2. The third-order valence-corrected chi connectivity index (χ3v) is 4.71. The Labute approximate surface area is 106 Å². The van der Waals surface area contributed by atoms with Gasteiger partial charge in [-0.3, -0.25) is 9.00 Å². The topological polar surface area (TPSA) is 34.1 Å². The smallest absolute Gasteiger partial charge is 0.178 e. The summed E-state index contributed by atoms with van der Waals surface area (Å²) in [7, 11) is -1.07. The molecule has 2 nitrogen and oxygen atoms in total. The molecule has 0 aromatic heterocycles. The van der Waals surface area contributed by atoms with Crippen LogP contribution in [0.1, 0.15) is 37.6 Å². The van der Waals surface area contributed by atoms with Crippen LogP contribution in [0.2, 0.25) is 0 Å². The lowest BCUT2D eigenvalue weighted by Gasteiger charge is -2.15.